The maximum atomic E-state index is 6.04. The molecule has 2 rings (SSSR count). The molecule has 1 aliphatic rings. The molecule has 1 aromatic carbocycles. The van der Waals surface area contributed by atoms with Crippen LogP contribution in [0.5, 0.6) is 0 Å². The van der Waals surface area contributed by atoms with Gasteiger partial charge in [0.25, 0.3) is 0 Å². The number of hydrogen-bond acceptors (Lipinski definition) is 4. The summed E-state index contributed by atoms with van der Waals surface area (Å²) in [6.45, 7) is 5.70. The second kappa shape index (κ2) is 7.01. The molecule has 1 atom stereocenters. The molecule has 106 valence electrons. The lowest BCUT2D eigenvalue weighted by Crippen LogP contribution is -2.47. The van der Waals surface area contributed by atoms with Crippen molar-refractivity contribution < 1.29 is 4.74 Å². The van der Waals surface area contributed by atoms with E-state index < -0.39 is 0 Å². The molecule has 1 aliphatic heterocycles. The third kappa shape index (κ3) is 3.54. The molecule has 0 spiro atoms. The number of likely N-dealkylation sites (N-methyl/N-ethyl adjacent to an activating group) is 1. The molecule has 1 aromatic rings. The van der Waals surface area contributed by atoms with Crippen LogP contribution in [0.1, 0.15) is 17.2 Å². The topological polar surface area (TPSA) is 41.7 Å². The van der Waals surface area contributed by atoms with E-state index in [4.69, 9.17) is 10.5 Å². The van der Waals surface area contributed by atoms with E-state index in [1.165, 1.54) is 11.1 Å². The zero-order valence-corrected chi connectivity index (χ0v) is 12.0. The molecule has 0 aromatic heterocycles. The van der Waals surface area contributed by atoms with Crippen molar-refractivity contribution in [2.24, 2.45) is 5.73 Å². The minimum Gasteiger partial charge on any atom is -0.380 e. The zero-order chi connectivity index (χ0) is 13.7. The van der Waals surface area contributed by atoms with Crippen LogP contribution in [0.2, 0.25) is 0 Å². The van der Waals surface area contributed by atoms with E-state index >= 15 is 0 Å². The van der Waals surface area contributed by atoms with Crippen LogP contribution in [-0.2, 0) is 11.3 Å². The maximum Gasteiger partial charge on any atom is 0.0716 e. The van der Waals surface area contributed by atoms with Gasteiger partial charge in [-0.1, -0.05) is 24.3 Å². The van der Waals surface area contributed by atoms with Gasteiger partial charge in [-0.15, -0.1) is 0 Å². The van der Waals surface area contributed by atoms with Crippen LogP contribution in [-0.4, -0.2) is 56.7 Å². The first-order chi connectivity index (χ1) is 9.26. The summed E-state index contributed by atoms with van der Waals surface area (Å²) < 4.78 is 5.30. The average molecular weight is 263 g/mol. The Hall–Kier alpha value is -0.940. The highest BCUT2D eigenvalue weighted by Crippen LogP contribution is 2.24. The maximum absolute atomic E-state index is 6.04. The summed E-state index contributed by atoms with van der Waals surface area (Å²) in [5, 5.41) is 0. The number of rotatable bonds is 5. The van der Waals surface area contributed by atoms with Crippen LogP contribution in [0.15, 0.2) is 24.3 Å². The highest BCUT2D eigenvalue weighted by Gasteiger charge is 2.24. The number of nitrogens with two attached hydrogens (primary N) is 1. The second-order valence-electron chi connectivity index (χ2n) is 5.22. The highest BCUT2D eigenvalue weighted by atomic mass is 16.5. The molecule has 1 heterocycles. The van der Waals surface area contributed by atoms with Crippen LogP contribution >= 0.6 is 0 Å². The fourth-order valence-corrected chi connectivity index (χ4v) is 2.75. The van der Waals surface area contributed by atoms with Crippen LogP contribution in [0.25, 0.3) is 0 Å². The summed E-state index contributed by atoms with van der Waals surface area (Å²) in [6.07, 6.45) is 0. The van der Waals surface area contributed by atoms with Gasteiger partial charge in [0.2, 0.25) is 0 Å². The molecule has 1 fully saturated rings. The average Bonchev–Trinajstić information content (AvgIpc) is 2.44. The molecule has 0 amide bonds. The van der Waals surface area contributed by atoms with E-state index in [1.807, 2.05) is 0 Å². The van der Waals surface area contributed by atoms with Gasteiger partial charge in [-0.2, -0.15) is 0 Å². The third-order valence-electron chi connectivity index (χ3n) is 3.92. The molecular weight excluding hydrogens is 238 g/mol. The minimum atomic E-state index is 0.306. The van der Waals surface area contributed by atoms with Crippen molar-refractivity contribution in [2.75, 3.05) is 46.9 Å². The smallest absolute Gasteiger partial charge is 0.0716 e. The fraction of sp³-hybridized carbons (Fsp3) is 0.600. The molecule has 1 unspecified atom stereocenters. The fourth-order valence-electron chi connectivity index (χ4n) is 2.75. The molecule has 4 nitrogen and oxygen atoms in total. The Morgan fingerprint density at radius 3 is 2.53 bits per heavy atom. The van der Waals surface area contributed by atoms with Gasteiger partial charge in [-0.3, -0.25) is 4.90 Å². The first-order valence-electron chi connectivity index (χ1n) is 6.95. The summed E-state index contributed by atoms with van der Waals surface area (Å²) in [6, 6.07) is 8.78. The Bertz CT molecular complexity index is 389. The Balaban J connectivity index is 2.17. The third-order valence-corrected chi connectivity index (χ3v) is 3.92. The van der Waals surface area contributed by atoms with Crippen molar-refractivity contribution in [3.8, 4) is 0 Å². The van der Waals surface area contributed by atoms with E-state index in [0.717, 1.165) is 26.2 Å². The molecule has 19 heavy (non-hydrogen) atoms. The first kappa shape index (κ1) is 14.5. The van der Waals surface area contributed by atoms with Crippen molar-refractivity contribution in [2.45, 2.75) is 12.6 Å². The second-order valence-corrected chi connectivity index (χ2v) is 5.22. The molecule has 0 saturated carbocycles. The highest BCUT2D eigenvalue weighted by molar-refractivity contribution is 5.30. The molecule has 4 heteroatoms. The van der Waals surface area contributed by atoms with E-state index in [9.17, 15) is 0 Å². The van der Waals surface area contributed by atoms with Gasteiger partial charge in [-0.05, 0) is 18.2 Å². The predicted molar refractivity (Wildman–Crippen MR) is 78.0 cm³/mol. The van der Waals surface area contributed by atoms with E-state index in [1.54, 1.807) is 7.11 Å². The van der Waals surface area contributed by atoms with Gasteiger partial charge in [0.05, 0.1) is 6.61 Å². The van der Waals surface area contributed by atoms with E-state index in [2.05, 4.69) is 41.1 Å². The largest absolute Gasteiger partial charge is 0.380 e. The molecule has 0 radical (unpaired) electrons. The summed E-state index contributed by atoms with van der Waals surface area (Å²) in [4.78, 5) is 4.86. The minimum absolute atomic E-state index is 0.306. The lowest BCUT2D eigenvalue weighted by atomic mass is 9.98. The van der Waals surface area contributed by atoms with E-state index in [-0.39, 0.29) is 0 Å². The molecule has 0 aliphatic carbocycles. The lowest BCUT2D eigenvalue weighted by Gasteiger charge is -2.38. The van der Waals surface area contributed by atoms with Gasteiger partial charge < -0.3 is 15.4 Å². The number of piperazine rings is 1. The van der Waals surface area contributed by atoms with Gasteiger partial charge in [-0.25, -0.2) is 0 Å². The normalized spacial score (nSPS) is 19.5. The SMILES string of the molecule is COCc1ccccc1C(CN)N1CCN(C)CC1. The summed E-state index contributed by atoms with van der Waals surface area (Å²) in [7, 11) is 3.91. The van der Waals surface area contributed by atoms with Crippen molar-refractivity contribution in [3.05, 3.63) is 35.4 Å². The summed E-state index contributed by atoms with van der Waals surface area (Å²) in [5.74, 6) is 0. The van der Waals surface area contributed by atoms with Crippen molar-refractivity contribution in [3.63, 3.8) is 0 Å². The Morgan fingerprint density at radius 2 is 1.89 bits per heavy atom. The van der Waals surface area contributed by atoms with Crippen molar-refractivity contribution >= 4 is 0 Å². The number of hydrogen-bond donors (Lipinski definition) is 1. The van der Waals surface area contributed by atoms with Gasteiger partial charge in [0.1, 0.15) is 0 Å². The van der Waals surface area contributed by atoms with Crippen LogP contribution in [0.4, 0.5) is 0 Å². The molecule has 2 N–H and O–H groups in total. The standard InChI is InChI=1S/C15H25N3O/c1-17-7-9-18(10-8-17)15(11-16)14-6-4-3-5-13(14)12-19-2/h3-6,15H,7-12,16H2,1-2H3. The number of ether oxygens (including phenoxy) is 1. The summed E-state index contributed by atoms with van der Waals surface area (Å²) >= 11 is 0. The van der Waals surface area contributed by atoms with Gasteiger partial charge in [0.15, 0.2) is 0 Å². The number of nitrogens with zero attached hydrogens (tertiary/aromatic N) is 2. The monoisotopic (exact) mass is 263 g/mol. The van der Waals surface area contributed by atoms with Crippen LogP contribution in [0.3, 0.4) is 0 Å². The number of methoxy groups -OCH3 is 1. The Kier molecular flexibility index (Phi) is 5.34. The Labute approximate surface area is 116 Å². The lowest BCUT2D eigenvalue weighted by molar-refractivity contribution is 0.112. The van der Waals surface area contributed by atoms with Crippen molar-refractivity contribution in [1.29, 1.82) is 0 Å². The first-order valence-corrected chi connectivity index (χ1v) is 6.95. The van der Waals surface area contributed by atoms with Gasteiger partial charge in [0, 0.05) is 45.9 Å². The van der Waals surface area contributed by atoms with Crippen LogP contribution in [0, 0.1) is 0 Å². The van der Waals surface area contributed by atoms with Crippen LogP contribution < -0.4 is 5.73 Å². The van der Waals surface area contributed by atoms with Crippen molar-refractivity contribution in [1.82, 2.24) is 9.80 Å². The molecule has 0 bridgehead atoms. The zero-order valence-electron chi connectivity index (χ0n) is 12.0. The quantitative estimate of drug-likeness (QED) is 0.863. The summed E-state index contributed by atoms with van der Waals surface area (Å²) in [5.41, 5.74) is 8.60. The van der Waals surface area contributed by atoms with Gasteiger partial charge >= 0.3 is 0 Å². The van der Waals surface area contributed by atoms with E-state index in [0.29, 0.717) is 19.2 Å². The predicted octanol–water partition coefficient (Wildman–Crippen LogP) is 1.08. The molecule has 1 saturated heterocycles. The Morgan fingerprint density at radius 1 is 1.21 bits per heavy atom. The molecular formula is C15H25N3O. The number of benzene rings is 1.